The second kappa shape index (κ2) is 5.70. The van der Waals surface area contributed by atoms with Gasteiger partial charge in [-0.3, -0.25) is 0 Å². The highest BCUT2D eigenvalue weighted by Crippen LogP contribution is 2.26. The van der Waals surface area contributed by atoms with Gasteiger partial charge >= 0.3 is 0 Å². The highest BCUT2D eigenvalue weighted by atomic mass is 16.5. The third kappa shape index (κ3) is 2.58. The van der Waals surface area contributed by atoms with Gasteiger partial charge in [0, 0.05) is 13.7 Å². The van der Waals surface area contributed by atoms with E-state index >= 15 is 0 Å². The predicted molar refractivity (Wildman–Crippen MR) is 71.0 cm³/mol. The molecule has 0 saturated carbocycles. The number of nitrogens with one attached hydrogen (secondary N) is 1. The predicted octanol–water partition coefficient (Wildman–Crippen LogP) is 1.20. The van der Waals surface area contributed by atoms with Crippen LogP contribution in [-0.4, -0.2) is 35.0 Å². The quantitative estimate of drug-likeness (QED) is 0.872. The van der Waals surface area contributed by atoms with E-state index in [4.69, 9.17) is 9.26 Å². The molecule has 2 N–H and O–H groups in total. The van der Waals surface area contributed by atoms with Crippen molar-refractivity contribution in [1.29, 1.82) is 0 Å². The topological polar surface area (TPSA) is 80.4 Å². The molecule has 0 radical (unpaired) electrons. The monoisotopic (exact) mass is 275 g/mol. The number of aromatic nitrogens is 2. The van der Waals surface area contributed by atoms with Crippen LogP contribution in [0.25, 0.3) is 0 Å². The molecule has 0 amide bonds. The van der Waals surface area contributed by atoms with Crippen molar-refractivity contribution in [2.24, 2.45) is 0 Å². The average Bonchev–Trinajstić information content (AvgIpc) is 3.10. The number of methoxy groups -OCH3 is 1. The molecule has 1 unspecified atom stereocenters. The fourth-order valence-electron chi connectivity index (χ4n) is 2.42. The summed E-state index contributed by atoms with van der Waals surface area (Å²) in [6, 6.07) is 9.67. The minimum absolute atomic E-state index is 0.0838. The summed E-state index contributed by atoms with van der Waals surface area (Å²) < 4.78 is 10.8. The smallest absolute Gasteiger partial charge is 0.243 e. The Hall–Kier alpha value is -1.76. The Bertz CT molecular complexity index is 558. The lowest BCUT2D eigenvalue weighted by molar-refractivity contribution is 0.126. The highest BCUT2D eigenvalue weighted by Gasteiger charge is 2.29. The first-order valence-corrected chi connectivity index (χ1v) is 6.60. The first kappa shape index (κ1) is 13.2. The molecule has 1 aromatic heterocycles. The molecule has 3 atom stereocenters. The van der Waals surface area contributed by atoms with Crippen molar-refractivity contribution in [3.63, 3.8) is 0 Å². The van der Waals surface area contributed by atoms with Crippen molar-refractivity contribution < 1.29 is 14.4 Å². The van der Waals surface area contributed by atoms with Crippen LogP contribution in [0, 0.1) is 0 Å². The van der Waals surface area contributed by atoms with Crippen molar-refractivity contribution >= 4 is 0 Å². The molecular formula is C14H17N3O3. The van der Waals surface area contributed by atoms with Crippen LogP contribution in [0.1, 0.15) is 35.8 Å². The van der Waals surface area contributed by atoms with Crippen molar-refractivity contribution in [1.82, 2.24) is 15.5 Å². The van der Waals surface area contributed by atoms with E-state index in [-0.39, 0.29) is 18.2 Å². The molecule has 0 bridgehead atoms. The minimum atomic E-state index is -0.359. The highest BCUT2D eigenvalue weighted by molar-refractivity contribution is 5.22. The van der Waals surface area contributed by atoms with E-state index in [0.717, 1.165) is 5.56 Å². The summed E-state index contributed by atoms with van der Waals surface area (Å²) in [4.78, 5) is 4.40. The molecule has 6 nitrogen and oxygen atoms in total. The zero-order valence-corrected chi connectivity index (χ0v) is 11.2. The van der Waals surface area contributed by atoms with Crippen molar-refractivity contribution in [2.75, 3.05) is 13.7 Å². The number of aliphatic hydroxyl groups is 1. The van der Waals surface area contributed by atoms with Crippen LogP contribution in [0.3, 0.4) is 0 Å². The number of nitrogens with zero attached hydrogens (tertiary/aromatic N) is 2. The number of hydrogen-bond acceptors (Lipinski definition) is 6. The Kier molecular flexibility index (Phi) is 3.77. The molecule has 1 aliphatic heterocycles. The lowest BCUT2D eigenvalue weighted by Gasteiger charge is -2.11. The third-order valence-electron chi connectivity index (χ3n) is 3.44. The van der Waals surface area contributed by atoms with Gasteiger partial charge in [0.2, 0.25) is 11.7 Å². The molecule has 1 aliphatic rings. The van der Waals surface area contributed by atoms with E-state index in [2.05, 4.69) is 15.5 Å². The second-order valence-electron chi connectivity index (χ2n) is 4.87. The summed E-state index contributed by atoms with van der Waals surface area (Å²) in [5.74, 6) is 0.992. The van der Waals surface area contributed by atoms with E-state index in [1.807, 2.05) is 30.3 Å². The normalized spacial score (nSPS) is 23.9. The van der Waals surface area contributed by atoms with Crippen LogP contribution in [0.4, 0.5) is 0 Å². The Morgan fingerprint density at radius 3 is 2.85 bits per heavy atom. The second-order valence-corrected chi connectivity index (χ2v) is 4.87. The Balaban J connectivity index is 1.81. The molecule has 1 fully saturated rings. The number of hydrogen-bond donors (Lipinski definition) is 2. The molecule has 0 aliphatic carbocycles. The van der Waals surface area contributed by atoms with Crippen molar-refractivity contribution in [3.8, 4) is 0 Å². The number of benzene rings is 1. The molecule has 3 rings (SSSR count). The summed E-state index contributed by atoms with van der Waals surface area (Å²) in [5.41, 5.74) is 0.974. The summed E-state index contributed by atoms with van der Waals surface area (Å²) in [6.45, 7) is 0.550. The molecule has 2 heterocycles. The number of aliphatic hydroxyl groups excluding tert-OH is 1. The van der Waals surface area contributed by atoms with Crippen LogP contribution < -0.4 is 5.32 Å². The van der Waals surface area contributed by atoms with Crippen LogP contribution >= 0.6 is 0 Å². The van der Waals surface area contributed by atoms with Gasteiger partial charge in [0.25, 0.3) is 0 Å². The summed E-state index contributed by atoms with van der Waals surface area (Å²) in [7, 11) is 1.62. The van der Waals surface area contributed by atoms with Crippen molar-refractivity contribution in [2.45, 2.75) is 24.7 Å². The summed E-state index contributed by atoms with van der Waals surface area (Å²) >= 11 is 0. The largest absolute Gasteiger partial charge is 0.392 e. The van der Waals surface area contributed by atoms with Gasteiger partial charge in [0.1, 0.15) is 6.10 Å². The van der Waals surface area contributed by atoms with E-state index in [9.17, 15) is 5.11 Å². The number of β-amino-alcohol motifs (C(OH)–C–C–N with tert-alkyl or cyclic N) is 1. The molecular weight excluding hydrogens is 258 g/mol. The van der Waals surface area contributed by atoms with E-state index in [1.165, 1.54) is 0 Å². The van der Waals surface area contributed by atoms with Gasteiger partial charge < -0.3 is 19.7 Å². The van der Waals surface area contributed by atoms with Gasteiger partial charge in [-0.25, -0.2) is 0 Å². The van der Waals surface area contributed by atoms with Gasteiger partial charge in [-0.15, -0.1) is 0 Å². The Morgan fingerprint density at radius 1 is 1.40 bits per heavy atom. The molecule has 20 heavy (non-hydrogen) atoms. The van der Waals surface area contributed by atoms with Crippen LogP contribution in [0.15, 0.2) is 34.9 Å². The molecule has 2 aromatic rings. The van der Waals surface area contributed by atoms with Crippen LogP contribution in [-0.2, 0) is 4.74 Å². The fourth-order valence-corrected chi connectivity index (χ4v) is 2.42. The molecule has 1 aromatic carbocycles. The summed E-state index contributed by atoms with van der Waals surface area (Å²) in [6.07, 6.45) is -0.118. The maximum absolute atomic E-state index is 9.52. The minimum Gasteiger partial charge on any atom is -0.392 e. The Labute approximate surface area is 116 Å². The molecule has 1 saturated heterocycles. The SMILES string of the molecule is COC(c1ccccc1)c1noc([C@@H]2C[C@H](O)CN2)n1. The molecule has 0 spiro atoms. The summed E-state index contributed by atoms with van der Waals surface area (Å²) in [5, 5.41) is 16.7. The molecule has 6 heteroatoms. The van der Waals surface area contributed by atoms with Gasteiger partial charge in [-0.05, 0) is 12.0 Å². The van der Waals surface area contributed by atoms with E-state index < -0.39 is 0 Å². The first-order valence-electron chi connectivity index (χ1n) is 6.60. The van der Waals surface area contributed by atoms with Crippen molar-refractivity contribution in [3.05, 3.63) is 47.6 Å². The maximum atomic E-state index is 9.52. The van der Waals surface area contributed by atoms with Gasteiger partial charge in [0.15, 0.2) is 0 Å². The lowest BCUT2D eigenvalue weighted by Crippen LogP contribution is -2.15. The van der Waals surface area contributed by atoms with E-state index in [0.29, 0.717) is 24.7 Å². The first-order chi connectivity index (χ1) is 9.78. The molecule has 106 valence electrons. The number of rotatable bonds is 4. The van der Waals surface area contributed by atoms with Gasteiger partial charge in [-0.2, -0.15) is 4.98 Å². The lowest BCUT2D eigenvalue weighted by atomic mass is 10.1. The average molecular weight is 275 g/mol. The maximum Gasteiger partial charge on any atom is 0.243 e. The van der Waals surface area contributed by atoms with Gasteiger partial charge in [-0.1, -0.05) is 35.5 Å². The van der Waals surface area contributed by atoms with Gasteiger partial charge in [0.05, 0.1) is 12.1 Å². The van der Waals surface area contributed by atoms with Crippen LogP contribution in [0.5, 0.6) is 0 Å². The fraction of sp³-hybridized carbons (Fsp3) is 0.429. The van der Waals surface area contributed by atoms with Crippen LogP contribution in [0.2, 0.25) is 0 Å². The Morgan fingerprint density at radius 2 is 2.20 bits per heavy atom. The number of ether oxygens (including phenoxy) is 1. The zero-order valence-electron chi connectivity index (χ0n) is 11.2. The third-order valence-corrected chi connectivity index (χ3v) is 3.44. The standard InChI is InChI=1S/C14H17N3O3/c1-19-12(9-5-3-2-4-6-9)13-16-14(20-17-13)11-7-10(18)8-15-11/h2-6,10-12,15,18H,7-8H2,1H3/t10-,11-,12?/m0/s1. The zero-order chi connectivity index (χ0) is 13.9. The van der Waals surface area contributed by atoms with E-state index in [1.54, 1.807) is 7.11 Å².